The van der Waals surface area contributed by atoms with Crippen LogP contribution < -0.4 is 0 Å². The first-order valence-corrected chi connectivity index (χ1v) is 6.54. The van der Waals surface area contributed by atoms with E-state index in [1.165, 1.54) is 23.0 Å². The average molecular weight is 418 g/mol. The zero-order chi connectivity index (χ0) is 14.0. The first-order chi connectivity index (χ1) is 9.08. The smallest absolute Gasteiger partial charge is 0.358 e. The number of nitriles is 1. The third kappa shape index (κ3) is 3.14. The Morgan fingerprint density at radius 3 is 2.75 bits per heavy atom. The second-order valence-corrected chi connectivity index (χ2v) is 4.79. The summed E-state index contributed by atoms with van der Waals surface area (Å²) in [6, 6.07) is 1.84. The molecular formula is C14H10INO3V. The van der Waals surface area contributed by atoms with E-state index in [-0.39, 0.29) is 36.3 Å². The van der Waals surface area contributed by atoms with E-state index >= 15 is 0 Å². The molecule has 0 saturated heterocycles. The molecule has 1 radical (unpaired) electrons. The van der Waals surface area contributed by atoms with Gasteiger partial charge in [0.15, 0.2) is 28.8 Å². The maximum Gasteiger partial charge on any atom is 0.358 e. The Labute approximate surface area is 142 Å². The van der Waals surface area contributed by atoms with E-state index in [0.717, 1.165) is 12.0 Å². The van der Waals surface area contributed by atoms with Crippen LogP contribution in [0, 0.1) is 11.3 Å². The molecule has 0 heterocycles. The van der Waals surface area contributed by atoms with Gasteiger partial charge in [-0.15, -0.1) is 0 Å². The van der Waals surface area contributed by atoms with Crippen molar-refractivity contribution >= 4 is 34.8 Å². The number of ketones is 1. The monoisotopic (exact) mass is 418 g/mol. The Hall–Kier alpha value is -1.10. The summed E-state index contributed by atoms with van der Waals surface area (Å²) >= 11 is 1.44. The van der Waals surface area contributed by atoms with Gasteiger partial charge in [-0.05, 0) is 24.5 Å². The summed E-state index contributed by atoms with van der Waals surface area (Å²) in [6.07, 6.45) is 6.38. The summed E-state index contributed by atoms with van der Waals surface area (Å²) in [6.45, 7) is 1.95. The van der Waals surface area contributed by atoms with Crippen LogP contribution in [0.4, 0.5) is 0 Å². The second-order valence-electron chi connectivity index (χ2n) is 4.35. The van der Waals surface area contributed by atoms with Crippen LogP contribution in [-0.4, -0.2) is 11.8 Å². The number of carbonyl (C=O) groups excluding carboxylic acids is 2. The van der Waals surface area contributed by atoms with E-state index in [0.29, 0.717) is 16.7 Å². The summed E-state index contributed by atoms with van der Waals surface area (Å²) in [4.78, 5) is 23.6. The maximum atomic E-state index is 12.0. The van der Waals surface area contributed by atoms with Gasteiger partial charge in [-0.2, -0.15) is 5.26 Å². The minimum absolute atomic E-state index is 0. The summed E-state index contributed by atoms with van der Waals surface area (Å²) in [7, 11) is 0. The molecule has 0 aromatic carbocycles. The number of rotatable bonds is 1. The Morgan fingerprint density at radius 2 is 2.15 bits per heavy atom. The molecule has 0 amide bonds. The molecular weight excluding hydrogens is 408 g/mol. The van der Waals surface area contributed by atoms with Crippen molar-refractivity contribution in [1.82, 2.24) is 0 Å². The van der Waals surface area contributed by atoms with Crippen LogP contribution in [0.3, 0.4) is 0 Å². The predicted molar refractivity (Wildman–Crippen MR) is 76.9 cm³/mol. The molecule has 0 aliphatic heterocycles. The molecule has 0 unspecified atom stereocenters. The van der Waals surface area contributed by atoms with Gasteiger partial charge in [0.2, 0.25) is 0 Å². The SMILES string of the molecule is CC1=CC2=C(C=CC1)C(=O)C/C2=C(\C#N)C(=O)OI.[V]. The third-order valence-corrected chi connectivity index (χ3v) is 3.46. The predicted octanol–water partition coefficient (Wildman–Crippen LogP) is 2.87. The Kier molecular flexibility index (Phi) is 5.99. The van der Waals surface area contributed by atoms with Gasteiger partial charge in [0, 0.05) is 30.5 Å². The van der Waals surface area contributed by atoms with Crippen molar-refractivity contribution in [2.24, 2.45) is 0 Å². The number of nitrogens with zero attached hydrogens (tertiary/aromatic N) is 1. The summed E-state index contributed by atoms with van der Waals surface area (Å²) < 4.78 is 4.57. The van der Waals surface area contributed by atoms with Crippen LogP contribution in [0.25, 0.3) is 0 Å². The number of allylic oxidation sites excluding steroid dienone is 7. The first kappa shape index (κ1) is 17.0. The van der Waals surface area contributed by atoms with Gasteiger partial charge in [-0.25, -0.2) is 4.79 Å². The van der Waals surface area contributed by atoms with Crippen LogP contribution >= 0.6 is 23.0 Å². The standard InChI is InChI=1S/C14H10INO3.V/c1-8-3-2-4-9-10(5-8)11(6-13(9)17)12(7-16)14(18)19-15;/h2,4-5H,3,6H2,1H3;/b12-11-;. The summed E-state index contributed by atoms with van der Waals surface area (Å²) in [5.74, 6) is -0.778. The van der Waals surface area contributed by atoms with Crippen LogP contribution in [0.15, 0.2) is 46.1 Å². The van der Waals surface area contributed by atoms with Gasteiger partial charge in [0.05, 0.1) is 0 Å². The maximum absolute atomic E-state index is 12.0. The Balaban J connectivity index is 0.00000200. The quantitative estimate of drug-likeness (QED) is 0.373. The van der Waals surface area contributed by atoms with Crippen LogP contribution in [-0.2, 0) is 31.2 Å². The van der Waals surface area contributed by atoms with Crippen molar-refractivity contribution < 1.29 is 31.2 Å². The van der Waals surface area contributed by atoms with Crippen molar-refractivity contribution in [2.45, 2.75) is 19.8 Å². The van der Waals surface area contributed by atoms with Crippen LogP contribution in [0.5, 0.6) is 0 Å². The molecule has 2 aliphatic carbocycles. The average Bonchev–Trinajstić information content (AvgIpc) is 2.58. The van der Waals surface area contributed by atoms with Crippen molar-refractivity contribution in [1.29, 1.82) is 5.26 Å². The van der Waals surface area contributed by atoms with E-state index < -0.39 is 5.97 Å². The van der Waals surface area contributed by atoms with Crippen LogP contribution in [0.2, 0.25) is 0 Å². The molecule has 4 nitrogen and oxygen atoms in total. The fourth-order valence-electron chi connectivity index (χ4n) is 2.18. The summed E-state index contributed by atoms with van der Waals surface area (Å²) in [5.41, 5.74) is 2.70. The van der Waals surface area contributed by atoms with Gasteiger partial charge >= 0.3 is 5.97 Å². The van der Waals surface area contributed by atoms with Crippen molar-refractivity contribution in [2.75, 3.05) is 0 Å². The Morgan fingerprint density at radius 1 is 1.45 bits per heavy atom. The number of halogens is 1. The van der Waals surface area contributed by atoms with Gasteiger partial charge in [-0.3, -0.25) is 4.79 Å². The van der Waals surface area contributed by atoms with E-state index in [9.17, 15) is 9.59 Å². The van der Waals surface area contributed by atoms with Crippen molar-refractivity contribution in [3.63, 3.8) is 0 Å². The molecule has 0 bridgehead atoms. The zero-order valence-electron chi connectivity index (χ0n) is 10.6. The van der Waals surface area contributed by atoms with Crippen molar-refractivity contribution in [3.8, 4) is 6.07 Å². The largest absolute Gasteiger partial charge is 0.390 e. The topological polar surface area (TPSA) is 67.2 Å². The minimum Gasteiger partial charge on any atom is -0.390 e. The molecule has 20 heavy (non-hydrogen) atoms. The summed E-state index contributed by atoms with van der Waals surface area (Å²) in [5, 5.41) is 9.12. The molecule has 0 N–H and O–H groups in total. The van der Waals surface area contributed by atoms with E-state index in [1.54, 1.807) is 6.08 Å². The van der Waals surface area contributed by atoms with E-state index in [4.69, 9.17) is 5.26 Å². The molecule has 101 valence electrons. The molecule has 0 aromatic heterocycles. The molecule has 0 fully saturated rings. The first-order valence-electron chi connectivity index (χ1n) is 5.66. The van der Waals surface area contributed by atoms with Crippen LogP contribution in [0.1, 0.15) is 19.8 Å². The molecule has 0 spiro atoms. The molecule has 6 heteroatoms. The second kappa shape index (κ2) is 7.07. The van der Waals surface area contributed by atoms with Gasteiger partial charge in [0.25, 0.3) is 0 Å². The molecule has 0 aromatic rings. The molecule has 0 atom stereocenters. The normalized spacial score (nSPS) is 19.4. The number of hydrogen-bond acceptors (Lipinski definition) is 4. The number of hydrogen-bond donors (Lipinski definition) is 0. The number of carbonyl (C=O) groups is 2. The van der Waals surface area contributed by atoms with E-state index in [1.807, 2.05) is 25.1 Å². The molecule has 2 rings (SSSR count). The van der Waals surface area contributed by atoms with Gasteiger partial charge < -0.3 is 3.07 Å². The fourth-order valence-corrected chi connectivity index (χ4v) is 2.40. The van der Waals surface area contributed by atoms with Gasteiger partial charge in [0.1, 0.15) is 11.6 Å². The zero-order valence-corrected chi connectivity index (χ0v) is 14.2. The van der Waals surface area contributed by atoms with Crippen molar-refractivity contribution in [3.05, 3.63) is 46.1 Å². The van der Waals surface area contributed by atoms with E-state index in [2.05, 4.69) is 3.07 Å². The minimum atomic E-state index is -0.709. The fraction of sp³-hybridized carbons (Fsp3) is 0.214. The molecule has 0 saturated carbocycles. The van der Waals surface area contributed by atoms with Gasteiger partial charge in [-0.1, -0.05) is 23.8 Å². The number of Topliss-reactive ketones (excluding diaryl/α,β-unsaturated/α-hetero) is 1. The molecule has 2 aliphatic rings. The Bertz CT molecular complexity index is 635. The third-order valence-electron chi connectivity index (χ3n) is 3.06.